The smallest absolute Gasteiger partial charge is 0.356 e. The predicted molar refractivity (Wildman–Crippen MR) is 80.3 cm³/mol. The summed E-state index contributed by atoms with van der Waals surface area (Å²) >= 11 is 0. The molecule has 0 saturated carbocycles. The minimum Gasteiger partial charge on any atom is -0.476 e. The van der Waals surface area contributed by atoms with Gasteiger partial charge >= 0.3 is 5.97 Å². The number of carboxylic acids is 1. The molecule has 0 aliphatic carbocycles. The Morgan fingerprint density at radius 2 is 2.05 bits per heavy atom. The molecule has 7 nitrogen and oxygen atoms in total. The fourth-order valence-corrected chi connectivity index (χ4v) is 2.62. The van der Waals surface area contributed by atoms with Crippen molar-refractivity contribution in [2.45, 2.75) is 6.42 Å². The van der Waals surface area contributed by atoms with Crippen molar-refractivity contribution in [2.24, 2.45) is 7.05 Å². The summed E-state index contributed by atoms with van der Waals surface area (Å²) in [4.78, 5) is 22.7. The van der Waals surface area contributed by atoms with Crippen LogP contribution in [-0.2, 0) is 11.8 Å². The number of carboxylic acid groups (broad SMARTS) is 1. The van der Waals surface area contributed by atoms with Crippen molar-refractivity contribution >= 4 is 17.6 Å². The lowest BCUT2D eigenvalue weighted by atomic mass is 10.1. The van der Waals surface area contributed by atoms with Gasteiger partial charge in [-0.1, -0.05) is 12.1 Å². The molecule has 0 radical (unpaired) electrons. The molecule has 0 atom stereocenters. The summed E-state index contributed by atoms with van der Waals surface area (Å²) in [7, 11) is 3.45. The highest BCUT2D eigenvalue weighted by Crippen LogP contribution is 2.27. The van der Waals surface area contributed by atoms with Crippen LogP contribution < -0.4 is 5.01 Å². The van der Waals surface area contributed by atoms with Crippen LogP contribution in [0.1, 0.15) is 16.9 Å². The molecule has 1 saturated heterocycles. The topological polar surface area (TPSA) is 78.7 Å². The van der Waals surface area contributed by atoms with Crippen molar-refractivity contribution < 1.29 is 14.7 Å². The highest BCUT2D eigenvalue weighted by atomic mass is 16.4. The lowest BCUT2D eigenvalue weighted by Crippen LogP contribution is -2.35. The fourth-order valence-electron chi connectivity index (χ4n) is 2.62. The van der Waals surface area contributed by atoms with E-state index >= 15 is 0 Å². The second kappa shape index (κ2) is 5.18. The van der Waals surface area contributed by atoms with Gasteiger partial charge in [-0.3, -0.25) is 19.5 Å². The quantitative estimate of drug-likeness (QED) is 0.926. The Labute approximate surface area is 127 Å². The molecule has 22 heavy (non-hydrogen) atoms. The number of benzene rings is 1. The molecule has 1 amide bonds. The van der Waals surface area contributed by atoms with Gasteiger partial charge in [0.05, 0.1) is 11.4 Å². The molecule has 7 heteroatoms. The number of hydrogen-bond acceptors (Lipinski definition) is 4. The average Bonchev–Trinajstić information content (AvgIpc) is 3.04. The zero-order chi connectivity index (χ0) is 15.9. The summed E-state index contributed by atoms with van der Waals surface area (Å²) in [5, 5.41) is 16.5. The summed E-state index contributed by atoms with van der Waals surface area (Å²) in [5.41, 5.74) is 2.47. The Hall–Kier alpha value is -2.83. The van der Waals surface area contributed by atoms with E-state index in [4.69, 9.17) is 5.11 Å². The van der Waals surface area contributed by atoms with Crippen molar-refractivity contribution in [2.75, 3.05) is 18.6 Å². The summed E-state index contributed by atoms with van der Waals surface area (Å²) < 4.78 is 1.54. The van der Waals surface area contributed by atoms with Gasteiger partial charge in [0, 0.05) is 32.6 Å². The van der Waals surface area contributed by atoms with Gasteiger partial charge in [-0.05, 0) is 18.2 Å². The molecule has 1 fully saturated rings. The van der Waals surface area contributed by atoms with Crippen LogP contribution in [0.5, 0.6) is 0 Å². The van der Waals surface area contributed by atoms with Crippen LogP contribution in [0.2, 0.25) is 0 Å². The molecule has 2 heterocycles. The fraction of sp³-hybridized carbons (Fsp3) is 0.267. The third-order valence-corrected chi connectivity index (χ3v) is 3.80. The number of aromatic nitrogens is 2. The van der Waals surface area contributed by atoms with Crippen LogP contribution in [0.25, 0.3) is 11.3 Å². The molecular weight excluding hydrogens is 284 g/mol. The molecule has 1 aromatic heterocycles. The van der Waals surface area contributed by atoms with E-state index in [0.29, 0.717) is 18.7 Å². The van der Waals surface area contributed by atoms with Crippen LogP contribution in [0.4, 0.5) is 5.69 Å². The van der Waals surface area contributed by atoms with Crippen molar-refractivity contribution in [3.8, 4) is 11.3 Å². The molecule has 1 aliphatic rings. The maximum absolute atomic E-state index is 11.7. The highest BCUT2D eigenvalue weighted by molar-refractivity contribution is 5.87. The number of hydrazine groups is 1. The Kier molecular flexibility index (Phi) is 3.32. The van der Waals surface area contributed by atoms with E-state index in [1.165, 1.54) is 0 Å². The third-order valence-electron chi connectivity index (χ3n) is 3.80. The summed E-state index contributed by atoms with van der Waals surface area (Å²) in [6.07, 6.45) is 0.496. The number of nitrogens with zero attached hydrogens (tertiary/aromatic N) is 4. The monoisotopic (exact) mass is 300 g/mol. The van der Waals surface area contributed by atoms with Crippen molar-refractivity contribution in [1.82, 2.24) is 14.8 Å². The highest BCUT2D eigenvalue weighted by Gasteiger charge is 2.25. The summed E-state index contributed by atoms with van der Waals surface area (Å²) in [6, 6.07) is 9.17. The SMILES string of the molecule is CN1C(=O)CCN1c1cccc(-c2cc(C(=O)O)nn2C)c1. The van der Waals surface area contributed by atoms with Gasteiger partial charge in [0.15, 0.2) is 5.69 Å². The number of aryl methyl sites for hydroxylation is 1. The number of hydrogen-bond donors (Lipinski definition) is 1. The first-order valence-corrected chi connectivity index (χ1v) is 6.89. The summed E-state index contributed by atoms with van der Waals surface area (Å²) in [5.74, 6) is -0.970. The van der Waals surface area contributed by atoms with E-state index in [1.807, 2.05) is 29.3 Å². The van der Waals surface area contributed by atoms with Crippen LogP contribution in [-0.4, -0.2) is 45.4 Å². The maximum Gasteiger partial charge on any atom is 0.356 e. The molecule has 0 spiro atoms. The zero-order valence-electron chi connectivity index (χ0n) is 12.4. The van der Waals surface area contributed by atoms with Gasteiger partial charge in [0.1, 0.15) is 0 Å². The van der Waals surface area contributed by atoms with Gasteiger partial charge < -0.3 is 5.11 Å². The van der Waals surface area contributed by atoms with Crippen molar-refractivity contribution in [3.05, 3.63) is 36.0 Å². The van der Waals surface area contributed by atoms with Gasteiger partial charge in [0.25, 0.3) is 0 Å². The normalized spacial score (nSPS) is 14.7. The first-order valence-electron chi connectivity index (χ1n) is 6.89. The minimum atomic E-state index is -1.05. The standard InChI is InChI=1S/C15H16N4O3/c1-17-13(9-12(16-17)15(21)22)10-4-3-5-11(8-10)19-7-6-14(20)18(19)2/h3-5,8-9H,6-7H2,1-2H3,(H,21,22). The number of anilines is 1. The number of rotatable bonds is 3. The molecule has 1 N–H and O–H groups in total. The Morgan fingerprint density at radius 1 is 1.27 bits per heavy atom. The van der Waals surface area contributed by atoms with Gasteiger partial charge in [0.2, 0.25) is 5.91 Å². The molecule has 0 unspecified atom stereocenters. The molecule has 3 rings (SSSR count). The Morgan fingerprint density at radius 3 is 2.64 bits per heavy atom. The number of carbonyl (C=O) groups excluding carboxylic acids is 1. The number of aromatic carboxylic acids is 1. The Balaban J connectivity index is 1.98. The number of amides is 1. The second-order valence-electron chi connectivity index (χ2n) is 5.18. The van der Waals surface area contributed by atoms with E-state index in [1.54, 1.807) is 29.9 Å². The van der Waals surface area contributed by atoms with E-state index in [-0.39, 0.29) is 11.6 Å². The molecule has 114 valence electrons. The van der Waals surface area contributed by atoms with Crippen LogP contribution >= 0.6 is 0 Å². The lowest BCUT2D eigenvalue weighted by Gasteiger charge is -2.26. The minimum absolute atomic E-state index is 0.0105. The Bertz CT molecular complexity index is 753. The van der Waals surface area contributed by atoms with E-state index in [0.717, 1.165) is 11.3 Å². The largest absolute Gasteiger partial charge is 0.476 e. The third kappa shape index (κ3) is 2.30. The molecule has 1 aliphatic heterocycles. The molecular formula is C15H16N4O3. The van der Waals surface area contributed by atoms with Gasteiger partial charge in [-0.25, -0.2) is 4.79 Å². The second-order valence-corrected chi connectivity index (χ2v) is 5.18. The van der Waals surface area contributed by atoms with Crippen LogP contribution in [0, 0.1) is 0 Å². The average molecular weight is 300 g/mol. The summed E-state index contributed by atoms with van der Waals surface area (Å²) in [6.45, 7) is 0.643. The predicted octanol–water partition coefficient (Wildman–Crippen LogP) is 1.37. The first-order chi connectivity index (χ1) is 10.5. The molecule has 0 bridgehead atoms. The van der Waals surface area contributed by atoms with Gasteiger partial charge in [-0.15, -0.1) is 0 Å². The van der Waals surface area contributed by atoms with E-state index in [2.05, 4.69) is 5.10 Å². The van der Waals surface area contributed by atoms with Crippen molar-refractivity contribution in [3.63, 3.8) is 0 Å². The van der Waals surface area contributed by atoms with Crippen LogP contribution in [0.3, 0.4) is 0 Å². The van der Waals surface area contributed by atoms with Crippen molar-refractivity contribution in [1.29, 1.82) is 0 Å². The molecule has 1 aromatic carbocycles. The number of carbonyl (C=O) groups is 2. The molecule has 2 aromatic rings. The van der Waals surface area contributed by atoms with Gasteiger partial charge in [-0.2, -0.15) is 5.10 Å². The first kappa shape index (κ1) is 14.1. The van der Waals surface area contributed by atoms with E-state index < -0.39 is 5.97 Å². The van der Waals surface area contributed by atoms with Crippen LogP contribution in [0.15, 0.2) is 30.3 Å². The zero-order valence-corrected chi connectivity index (χ0v) is 12.4. The van der Waals surface area contributed by atoms with E-state index in [9.17, 15) is 9.59 Å². The maximum atomic E-state index is 11.7. The lowest BCUT2D eigenvalue weighted by molar-refractivity contribution is -0.126.